The highest BCUT2D eigenvalue weighted by molar-refractivity contribution is 5.68. The molecule has 2 unspecified atom stereocenters. The van der Waals surface area contributed by atoms with Gasteiger partial charge in [-0.3, -0.25) is 4.79 Å². The molecular formula is C28H27FO3. The van der Waals surface area contributed by atoms with E-state index in [1.54, 1.807) is 6.07 Å². The molecule has 0 spiro atoms. The normalized spacial score (nSPS) is 18.5. The Labute approximate surface area is 187 Å². The second-order valence-corrected chi connectivity index (χ2v) is 9.23. The number of aryl methyl sites for hydroxylation is 1. The number of aliphatic carboxylic acids is 1. The molecule has 0 aromatic heterocycles. The van der Waals surface area contributed by atoms with Crippen LogP contribution in [0.3, 0.4) is 0 Å². The lowest BCUT2D eigenvalue weighted by Crippen LogP contribution is -2.20. The number of rotatable bonds is 6. The van der Waals surface area contributed by atoms with Gasteiger partial charge in [0.15, 0.2) is 0 Å². The summed E-state index contributed by atoms with van der Waals surface area (Å²) in [6, 6.07) is 19.5. The third kappa shape index (κ3) is 4.27. The van der Waals surface area contributed by atoms with Crippen molar-refractivity contribution in [3.8, 4) is 16.9 Å². The maximum atomic E-state index is 14.3. The topological polar surface area (TPSA) is 46.5 Å². The van der Waals surface area contributed by atoms with Crippen molar-refractivity contribution in [1.29, 1.82) is 0 Å². The molecule has 2 atom stereocenters. The van der Waals surface area contributed by atoms with Crippen LogP contribution in [0.15, 0.2) is 60.7 Å². The van der Waals surface area contributed by atoms with E-state index < -0.39 is 5.97 Å². The Bertz CT molecular complexity index is 1150. The number of benzene rings is 3. The van der Waals surface area contributed by atoms with E-state index in [0.717, 1.165) is 47.3 Å². The Balaban J connectivity index is 1.36. The number of halogens is 1. The highest BCUT2D eigenvalue weighted by atomic mass is 19.1. The molecule has 0 bridgehead atoms. The molecule has 32 heavy (non-hydrogen) atoms. The van der Waals surface area contributed by atoms with E-state index in [0.29, 0.717) is 18.1 Å². The second kappa shape index (κ2) is 8.42. The van der Waals surface area contributed by atoms with E-state index in [4.69, 9.17) is 4.74 Å². The molecule has 5 rings (SSSR count). The Morgan fingerprint density at radius 1 is 1.09 bits per heavy atom. The summed E-state index contributed by atoms with van der Waals surface area (Å²) in [5.74, 6) is 0.735. The van der Waals surface area contributed by atoms with E-state index in [9.17, 15) is 14.3 Å². The molecule has 1 aliphatic heterocycles. The molecule has 1 heterocycles. The minimum atomic E-state index is -0.737. The third-order valence-electron chi connectivity index (χ3n) is 6.82. The van der Waals surface area contributed by atoms with E-state index >= 15 is 0 Å². The van der Waals surface area contributed by atoms with Crippen molar-refractivity contribution in [2.75, 3.05) is 6.61 Å². The van der Waals surface area contributed by atoms with Gasteiger partial charge in [-0.25, -0.2) is 4.39 Å². The molecule has 0 amide bonds. The fourth-order valence-corrected chi connectivity index (χ4v) is 4.90. The van der Waals surface area contributed by atoms with Crippen LogP contribution in [0.4, 0.5) is 4.39 Å². The van der Waals surface area contributed by atoms with Crippen LogP contribution in [0.1, 0.15) is 53.4 Å². The molecule has 4 heteroatoms. The summed E-state index contributed by atoms with van der Waals surface area (Å²) >= 11 is 0. The minimum absolute atomic E-state index is 0.0849. The highest BCUT2D eigenvalue weighted by Gasteiger charge is 2.34. The third-order valence-corrected chi connectivity index (χ3v) is 6.82. The van der Waals surface area contributed by atoms with Gasteiger partial charge in [-0.2, -0.15) is 0 Å². The Morgan fingerprint density at radius 3 is 2.59 bits per heavy atom. The Hall–Kier alpha value is -3.14. The van der Waals surface area contributed by atoms with Gasteiger partial charge in [-0.15, -0.1) is 0 Å². The van der Waals surface area contributed by atoms with Crippen LogP contribution in [0.25, 0.3) is 11.1 Å². The van der Waals surface area contributed by atoms with Crippen LogP contribution < -0.4 is 4.74 Å². The molecule has 0 radical (unpaired) electrons. The zero-order chi connectivity index (χ0) is 22.2. The fourth-order valence-electron chi connectivity index (χ4n) is 4.90. The molecule has 3 aromatic carbocycles. The average molecular weight is 431 g/mol. The first-order chi connectivity index (χ1) is 15.5. The number of carboxylic acids is 1. The number of carboxylic acid groups (broad SMARTS) is 1. The van der Waals surface area contributed by atoms with Gasteiger partial charge in [-0.1, -0.05) is 48.0 Å². The summed E-state index contributed by atoms with van der Waals surface area (Å²) < 4.78 is 20.3. The lowest BCUT2D eigenvalue weighted by molar-refractivity contribution is -0.137. The van der Waals surface area contributed by atoms with Gasteiger partial charge in [0.05, 0.1) is 13.0 Å². The summed E-state index contributed by atoms with van der Waals surface area (Å²) in [5, 5.41) is 9.34. The predicted molar refractivity (Wildman–Crippen MR) is 123 cm³/mol. The lowest BCUT2D eigenvalue weighted by Gasteiger charge is -2.27. The molecule has 164 valence electrons. The monoisotopic (exact) mass is 430 g/mol. The standard InChI is InChI=1S/C28H27FO3/c1-17-2-10-26(29)25(12-17)20-5-3-18(4-6-20)23-14-22-13-21(9-11-27(22)32-16-23)24(15-28(30)31)19-7-8-19/h2-6,9-13,19,23-24H,7-8,14-16H2,1H3,(H,30,31). The SMILES string of the molecule is Cc1ccc(F)c(-c2ccc(C3COc4ccc(C(CC(=O)O)C5CC5)cc4C3)cc2)c1. The van der Waals surface area contributed by atoms with Crippen molar-refractivity contribution in [3.05, 3.63) is 88.7 Å². The van der Waals surface area contributed by atoms with Crippen LogP contribution in [0, 0.1) is 18.7 Å². The summed E-state index contributed by atoms with van der Waals surface area (Å²) in [6.07, 6.45) is 3.26. The second-order valence-electron chi connectivity index (χ2n) is 9.23. The van der Waals surface area contributed by atoms with Crippen molar-refractivity contribution in [2.24, 2.45) is 5.92 Å². The molecule has 0 saturated heterocycles. The molecule has 2 aliphatic rings. The first-order valence-corrected chi connectivity index (χ1v) is 11.3. The zero-order valence-corrected chi connectivity index (χ0v) is 18.2. The summed E-state index contributed by atoms with van der Waals surface area (Å²) in [7, 11) is 0. The molecular weight excluding hydrogens is 403 g/mol. The van der Waals surface area contributed by atoms with E-state index in [1.807, 2.05) is 37.3 Å². The minimum Gasteiger partial charge on any atom is -0.493 e. The first-order valence-electron chi connectivity index (χ1n) is 11.3. The van der Waals surface area contributed by atoms with Crippen LogP contribution in [-0.4, -0.2) is 17.7 Å². The van der Waals surface area contributed by atoms with Crippen molar-refractivity contribution in [1.82, 2.24) is 0 Å². The van der Waals surface area contributed by atoms with Gasteiger partial charge in [0.2, 0.25) is 0 Å². The van der Waals surface area contributed by atoms with Crippen LogP contribution >= 0.6 is 0 Å². The summed E-state index contributed by atoms with van der Waals surface area (Å²) in [5.41, 5.74) is 5.95. The molecule has 1 saturated carbocycles. The number of fused-ring (bicyclic) bond motifs is 1. The van der Waals surface area contributed by atoms with Crippen LogP contribution in [0.2, 0.25) is 0 Å². The lowest BCUT2D eigenvalue weighted by atomic mass is 9.85. The molecule has 1 fully saturated rings. The smallest absolute Gasteiger partial charge is 0.303 e. The van der Waals surface area contributed by atoms with E-state index in [-0.39, 0.29) is 24.1 Å². The van der Waals surface area contributed by atoms with Crippen molar-refractivity contribution in [3.63, 3.8) is 0 Å². The molecule has 3 nitrogen and oxygen atoms in total. The first kappa shape index (κ1) is 20.7. The Kier molecular flexibility index (Phi) is 5.46. The molecule has 1 N–H and O–H groups in total. The number of hydrogen-bond donors (Lipinski definition) is 1. The van der Waals surface area contributed by atoms with Gasteiger partial charge in [0, 0.05) is 11.5 Å². The van der Waals surface area contributed by atoms with Gasteiger partial charge in [-0.05, 0) is 78.5 Å². The highest BCUT2D eigenvalue weighted by Crippen LogP contribution is 2.46. The van der Waals surface area contributed by atoms with E-state index in [2.05, 4.69) is 18.2 Å². The molecule has 1 aliphatic carbocycles. The Morgan fingerprint density at radius 2 is 1.88 bits per heavy atom. The van der Waals surface area contributed by atoms with Gasteiger partial charge in [0.25, 0.3) is 0 Å². The van der Waals surface area contributed by atoms with Crippen molar-refractivity contribution in [2.45, 2.75) is 44.4 Å². The number of carbonyl (C=O) groups is 1. The van der Waals surface area contributed by atoms with Crippen LogP contribution in [0.5, 0.6) is 5.75 Å². The van der Waals surface area contributed by atoms with E-state index in [1.165, 1.54) is 11.6 Å². The summed E-state index contributed by atoms with van der Waals surface area (Å²) in [4.78, 5) is 11.4. The summed E-state index contributed by atoms with van der Waals surface area (Å²) in [6.45, 7) is 2.57. The van der Waals surface area contributed by atoms with Crippen molar-refractivity contribution >= 4 is 5.97 Å². The predicted octanol–water partition coefficient (Wildman–Crippen LogP) is 6.49. The van der Waals surface area contributed by atoms with Gasteiger partial charge >= 0.3 is 5.97 Å². The van der Waals surface area contributed by atoms with Crippen molar-refractivity contribution < 1.29 is 19.0 Å². The van der Waals surface area contributed by atoms with Gasteiger partial charge < -0.3 is 9.84 Å². The number of ether oxygens (including phenoxy) is 1. The molecule has 3 aromatic rings. The number of hydrogen-bond acceptors (Lipinski definition) is 2. The van der Waals surface area contributed by atoms with Gasteiger partial charge in [0.1, 0.15) is 11.6 Å². The maximum Gasteiger partial charge on any atom is 0.303 e. The largest absolute Gasteiger partial charge is 0.493 e. The average Bonchev–Trinajstić information content (AvgIpc) is 3.64. The quantitative estimate of drug-likeness (QED) is 0.486. The maximum absolute atomic E-state index is 14.3. The van der Waals surface area contributed by atoms with Crippen LogP contribution in [-0.2, 0) is 11.2 Å². The fraction of sp³-hybridized carbons (Fsp3) is 0.321. The zero-order valence-electron chi connectivity index (χ0n) is 18.2.